The third kappa shape index (κ3) is 25.5. The zero-order valence-corrected chi connectivity index (χ0v) is 16.4. The molecule has 112 valence electrons. The van der Waals surface area contributed by atoms with E-state index in [1.165, 1.54) is 0 Å². The Morgan fingerprint density at radius 2 is 0.444 bits per heavy atom. The molecule has 0 aliphatic rings. The van der Waals surface area contributed by atoms with Crippen LogP contribution < -0.4 is 0 Å². The summed E-state index contributed by atoms with van der Waals surface area (Å²) in [4.78, 5) is 0. The molecule has 0 nitrogen and oxygen atoms in total. The Morgan fingerprint density at radius 1 is 0.333 bits per heavy atom. The average molecular weight is 293 g/mol. The lowest BCUT2D eigenvalue weighted by Crippen LogP contribution is -2.19. The van der Waals surface area contributed by atoms with Crippen LogP contribution in [0.3, 0.4) is 0 Å². The molecular weight excluding hydrogens is 256 g/mol. The van der Waals surface area contributed by atoms with Crippen LogP contribution in [-0.4, -0.2) is 19.0 Å². The molecule has 0 N–H and O–H groups in total. The van der Waals surface area contributed by atoms with E-state index >= 15 is 0 Å². The first-order valence-electron chi connectivity index (χ1n) is 6.82. The lowest BCUT2D eigenvalue weighted by molar-refractivity contribution is 0.740. The molecule has 0 aromatic rings. The maximum absolute atomic E-state index is 2.25. The third-order valence-electron chi connectivity index (χ3n) is 1.22. The Balaban J connectivity index is 0. The molecule has 0 saturated carbocycles. The van der Waals surface area contributed by atoms with Crippen molar-refractivity contribution in [2.24, 2.45) is 0 Å². The highest BCUT2D eigenvalue weighted by Gasteiger charge is 2.21. The summed E-state index contributed by atoms with van der Waals surface area (Å²) in [6.07, 6.45) is 0. The van der Waals surface area contributed by atoms with Crippen molar-refractivity contribution in [3.05, 3.63) is 0 Å². The van der Waals surface area contributed by atoms with Crippen molar-refractivity contribution in [3.63, 3.8) is 0 Å². The SMILES string of the molecule is CC(C)(C)SC(C)(C)C.CC(C)(C)SC(C)(C)C. The van der Waals surface area contributed by atoms with E-state index in [0.29, 0.717) is 19.0 Å². The number of thioether (sulfide) groups is 2. The molecule has 0 aromatic carbocycles. The molecule has 0 amide bonds. The lowest BCUT2D eigenvalue weighted by atomic mass is 10.2. The fourth-order valence-electron chi connectivity index (χ4n) is 1.84. The van der Waals surface area contributed by atoms with Crippen molar-refractivity contribution in [1.29, 1.82) is 0 Å². The van der Waals surface area contributed by atoms with Gasteiger partial charge in [0.1, 0.15) is 0 Å². The van der Waals surface area contributed by atoms with Gasteiger partial charge in [-0.3, -0.25) is 0 Å². The minimum atomic E-state index is 0.401. The average Bonchev–Trinajstić information content (AvgIpc) is 1.64. The highest BCUT2D eigenvalue weighted by Crippen LogP contribution is 2.35. The maximum atomic E-state index is 2.25. The van der Waals surface area contributed by atoms with E-state index in [4.69, 9.17) is 0 Å². The summed E-state index contributed by atoms with van der Waals surface area (Å²) in [6.45, 7) is 27.0. The molecule has 0 spiro atoms. The molecule has 18 heavy (non-hydrogen) atoms. The quantitative estimate of drug-likeness (QED) is 0.491. The van der Waals surface area contributed by atoms with Crippen molar-refractivity contribution >= 4 is 23.5 Å². The standard InChI is InChI=1S/2C8H18S/c2*1-7(2,3)9-8(4,5)6/h2*1-6H3. The van der Waals surface area contributed by atoms with Crippen molar-refractivity contribution in [2.75, 3.05) is 0 Å². The van der Waals surface area contributed by atoms with Gasteiger partial charge in [-0.25, -0.2) is 0 Å². The fourth-order valence-corrected chi connectivity index (χ4v) is 5.51. The molecule has 0 fully saturated rings. The van der Waals surface area contributed by atoms with Crippen molar-refractivity contribution < 1.29 is 0 Å². The number of hydrogen-bond donors (Lipinski definition) is 0. The molecular formula is C16H36S2. The Hall–Kier alpha value is 0.700. The molecule has 0 atom stereocenters. The highest BCUT2D eigenvalue weighted by molar-refractivity contribution is 8.02. The molecule has 0 rings (SSSR count). The molecule has 0 radical (unpaired) electrons. The second kappa shape index (κ2) is 6.92. The third-order valence-corrected chi connectivity index (χ3v) is 3.67. The van der Waals surface area contributed by atoms with Crippen LogP contribution in [0.15, 0.2) is 0 Å². The van der Waals surface area contributed by atoms with Crippen LogP contribution in [0.2, 0.25) is 0 Å². The molecule has 0 heterocycles. The Morgan fingerprint density at radius 3 is 0.444 bits per heavy atom. The van der Waals surface area contributed by atoms with Crippen LogP contribution in [-0.2, 0) is 0 Å². The molecule has 0 aliphatic carbocycles. The minimum absolute atomic E-state index is 0.401. The van der Waals surface area contributed by atoms with Crippen molar-refractivity contribution in [1.82, 2.24) is 0 Å². The Bertz CT molecular complexity index is 165. The summed E-state index contributed by atoms with van der Waals surface area (Å²) in [7, 11) is 0. The van der Waals surface area contributed by atoms with Crippen LogP contribution in [0.25, 0.3) is 0 Å². The summed E-state index contributed by atoms with van der Waals surface area (Å²) in [5, 5.41) is 0. The molecule has 2 heteroatoms. The van der Waals surface area contributed by atoms with Crippen molar-refractivity contribution in [2.45, 2.75) is 102 Å². The zero-order valence-electron chi connectivity index (χ0n) is 14.8. The van der Waals surface area contributed by atoms with E-state index < -0.39 is 0 Å². The van der Waals surface area contributed by atoms with Gasteiger partial charge in [0.25, 0.3) is 0 Å². The highest BCUT2D eigenvalue weighted by atomic mass is 32.2. The van der Waals surface area contributed by atoms with Crippen LogP contribution in [0.5, 0.6) is 0 Å². The minimum Gasteiger partial charge on any atom is -0.150 e. The van der Waals surface area contributed by atoms with Crippen LogP contribution in [0.1, 0.15) is 83.1 Å². The molecule has 0 saturated heterocycles. The van der Waals surface area contributed by atoms with Gasteiger partial charge in [0.05, 0.1) is 0 Å². The monoisotopic (exact) mass is 292 g/mol. The van der Waals surface area contributed by atoms with Gasteiger partial charge < -0.3 is 0 Å². The van der Waals surface area contributed by atoms with Gasteiger partial charge >= 0.3 is 0 Å². The van der Waals surface area contributed by atoms with E-state index in [2.05, 4.69) is 83.1 Å². The first-order valence-corrected chi connectivity index (χ1v) is 8.45. The lowest BCUT2D eigenvalue weighted by Gasteiger charge is -2.28. The summed E-state index contributed by atoms with van der Waals surface area (Å²) in [5.41, 5.74) is 0. The second-order valence-corrected chi connectivity index (χ2v) is 14.0. The smallest absolute Gasteiger partial charge is 0.00803 e. The maximum Gasteiger partial charge on any atom is 0.00803 e. The van der Waals surface area contributed by atoms with E-state index in [0.717, 1.165) is 0 Å². The summed E-state index contributed by atoms with van der Waals surface area (Å²) < 4.78 is 1.60. The largest absolute Gasteiger partial charge is 0.150 e. The summed E-state index contributed by atoms with van der Waals surface area (Å²) in [5.74, 6) is 0. The molecule has 0 aromatic heterocycles. The topological polar surface area (TPSA) is 0 Å². The van der Waals surface area contributed by atoms with Gasteiger partial charge in [-0.2, -0.15) is 23.5 Å². The van der Waals surface area contributed by atoms with E-state index in [1.54, 1.807) is 0 Å². The van der Waals surface area contributed by atoms with E-state index in [-0.39, 0.29) is 0 Å². The molecule has 0 unspecified atom stereocenters. The predicted octanol–water partition coefficient (Wildman–Crippen LogP) is 6.63. The Labute approximate surface area is 125 Å². The van der Waals surface area contributed by atoms with Gasteiger partial charge in [0.15, 0.2) is 0 Å². The van der Waals surface area contributed by atoms with Gasteiger partial charge in [-0.15, -0.1) is 0 Å². The molecule has 0 bridgehead atoms. The van der Waals surface area contributed by atoms with Crippen LogP contribution >= 0.6 is 23.5 Å². The van der Waals surface area contributed by atoms with E-state index in [9.17, 15) is 0 Å². The number of rotatable bonds is 0. The summed E-state index contributed by atoms with van der Waals surface area (Å²) in [6, 6.07) is 0. The Kier molecular flexibility index (Phi) is 8.08. The normalized spacial score (nSPS) is 14.0. The predicted molar refractivity (Wildman–Crippen MR) is 94.2 cm³/mol. The van der Waals surface area contributed by atoms with Crippen LogP contribution in [0, 0.1) is 0 Å². The fraction of sp³-hybridized carbons (Fsp3) is 1.00. The van der Waals surface area contributed by atoms with Gasteiger partial charge in [0.2, 0.25) is 0 Å². The second-order valence-electron chi connectivity index (χ2n) is 8.65. The van der Waals surface area contributed by atoms with Gasteiger partial charge in [-0.05, 0) is 0 Å². The molecule has 0 aliphatic heterocycles. The zero-order chi connectivity index (χ0) is 15.4. The summed E-state index contributed by atoms with van der Waals surface area (Å²) >= 11 is 4.03. The van der Waals surface area contributed by atoms with E-state index in [1.807, 2.05) is 23.5 Å². The van der Waals surface area contributed by atoms with Crippen molar-refractivity contribution in [3.8, 4) is 0 Å². The van der Waals surface area contributed by atoms with Crippen LogP contribution in [0.4, 0.5) is 0 Å². The number of hydrogen-bond acceptors (Lipinski definition) is 2. The first-order chi connectivity index (χ1) is 7.41. The van der Waals surface area contributed by atoms with Gasteiger partial charge in [-0.1, -0.05) is 83.1 Å². The first kappa shape index (κ1) is 21.0. The van der Waals surface area contributed by atoms with Gasteiger partial charge in [0, 0.05) is 19.0 Å².